The van der Waals surface area contributed by atoms with E-state index in [0.29, 0.717) is 11.3 Å². The van der Waals surface area contributed by atoms with Gasteiger partial charge in [0.25, 0.3) is 0 Å². The van der Waals surface area contributed by atoms with Crippen LogP contribution < -0.4 is 15.4 Å². The molecule has 26 heavy (non-hydrogen) atoms. The first kappa shape index (κ1) is 17.4. The van der Waals surface area contributed by atoms with Crippen molar-refractivity contribution in [1.29, 1.82) is 0 Å². The number of halogens is 1. The SMILES string of the molecule is COc1ccc([C@H](C)NC(=O)Nc2cnn(-c3ccncc3)c2)cc1F. The number of hydrogen-bond donors (Lipinski definition) is 2. The number of rotatable bonds is 5. The van der Waals surface area contributed by atoms with Crippen LogP contribution in [0.1, 0.15) is 18.5 Å². The number of nitrogens with one attached hydrogen (secondary N) is 2. The average molecular weight is 355 g/mol. The third-order valence-electron chi connectivity index (χ3n) is 3.79. The summed E-state index contributed by atoms with van der Waals surface area (Å²) in [6, 6.07) is 7.38. The number of pyridine rings is 1. The van der Waals surface area contributed by atoms with E-state index in [0.717, 1.165) is 5.69 Å². The van der Waals surface area contributed by atoms with E-state index in [-0.39, 0.29) is 11.8 Å². The summed E-state index contributed by atoms with van der Waals surface area (Å²) in [6.07, 6.45) is 6.54. The Balaban J connectivity index is 1.62. The Morgan fingerprint density at radius 2 is 2.04 bits per heavy atom. The molecule has 0 spiro atoms. The Morgan fingerprint density at radius 1 is 1.27 bits per heavy atom. The second-order valence-electron chi connectivity index (χ2n) is 5.59. The molecule has 0 fully saturated rings. The Hall–Kier alpha value is -3.42. The lowest BCUT2D eigenvalue weighted by Gasteiger charge is -2.15. The molecule has 7 nitrogen and oxygen atoms in total. The Kier molecular flexibility index (Phi) is 5.12. The molecule has 0 radical (unpaired) electrons. The van der Waals surface area contributed by atoms with Gasteiger partial charge in [-0.05, 0) is 36.8 Å². The Morgan fingerprint density at radius 3 is 2.73 bits per heavy atom. The van der Waals surface area contributed by atoms with Crippen molar-refractivity contribution < 1.29 is 13.9 Å². The van der Waals surface area contributed by atoms with Crippen molar-refractivity contribution in [2.75, 3.05) is 12.4 Å². The third kappa shape index (κ3) is 3.97. The van der Waals surface area contributed by atoms with Crippen LogP contribution in [-0.4, -0.2) is 27.9 Å². The number of urea groups is 1. The number of hydrogen-bond acceptors (Lipinski definition) is 4. The van der Waals surface area contributed by atoms with Crippen LogP contribution in [0.5, 0.6) is 5.75 Å². The fourth-order valence-electron chi connectivity index (χ4n) is 2.42. The van der Waals surface area contributed by atoms with Gasteiger partial charge in [0.15, 0.2) is 11.6 Å². The summed E-state index contributed by atoms with van der Waals surface area (Å²) in [4.78, 5) is 16.1. The van der Waals surface area contributed by atoms with E-state index in [1.807, 2.05) is 0 Å². The van der Waals surface area contributed by atoms with Crippen molar-refractivity contribution >= 4 is 11.7 Å². The zero-order valence-electron chi connectivity index (χ0n) is 14.3. The van der Waals surface area contributed by atoms with E-state index in [1.165, 1.54) is 25.4 Å². The number of aromatic nitrogens is 3. The van der Waals surface area contributed by atoms with Crippen LogP contribution in [0.2, 0.25) is 0 Å². The highest BCUT2D eigenvalue weighted by Crippen LogP contribution is 2.21. The van der Waals surface area contributed by atoms with Crippen LogP contribution in [0.3, 0.4) is 0 Å². The van der Waals surface area contributed by atoms with Crippen LogP contribution >= 0.6 is 0 Å². The molecule has 2 heterocycles. The lowest BCUT2D eigenvalue weighted by atomic mass is 10.1. The number of nitrogens with zero attached hydrogens (tertiary/aromatic N) is 3. The molecule has 3 aromatic rings. The zero-order valence-corrected chi connectivity index (χ0v) is 14.3. The average Bonchev–Trinajstić information content (AvgIpc) is 3.10. The highest BCUT2D eigenvalue weighted by atomic mass is 19.1. The maximum absolute atomic E-state index is 13.8. The van der Waals surface area contributed by atoms with Gasteiger partial charge in [0, 0.05) is 12.4 Å². The molecular weight excluding hydrogens is 337 g/mol. The van der Waals surface area contributed by atoms with Crippen LogP contribution in [-0.2, 0) is 0 Å². The molecule has 134 valence electrons. The minimum absolute atomic E-state index is 0.161. The molecule has 1 aromatic carbocycles. The van der Waals surface area contributed by atoms with Gasteiger partial charge in [-0.25, -0.2) is 13.9 Å². The molecule has 0 aliphatic rings. The van der Waals surface area contributed by atoms with Crippen molar-refractivity contribution in [3.05, 3.63) is 66.5 Å². The van der Waals surface area contributed by atoms with Crippen molar-refractivity contribution in [3.8, 4) is 11.4 Å². The minimum Gasteiger partial charge on any atom is -0.494 e. The molecule has 0 saturated heterocycles. The van der Waals surface area contributed by atoms with E-state index < -0.39 is 11.8 Å². The molecule has 2 aromatic heterocycles. The summed E-state index contributed by atoms with van der Waals surface area (Å²) < 4.78 is 20.3. The van der Waals surface area contributed by atoms with Gasteiger partial charge in [-0.15, -0.1) is 0 Å². The number of ether oxygens (including phenoxy) is 1. The number of methoxy groups -OCH3 is 1. The second-order valence-corrected chi connectivity index (χ2v) is 5.59. The van der Waals surface area contributed by atoms with Gasteiger partial charge in [-0.3, -0.25) is 4.98 Å². The molecule has 0 saturated carbocycles. The number of carbonyl (C=O) groups excluding carboxylic acids is 1. The molecule has 2 amide bonds. The van der Waals surface area contributed by atoms with Gasteiger partial charge in [0.1, 0.15) is 0 Å². The Labute approximate surface area is 149 Å². The molecule has 0 bridgehead atoms. The fraction of sp³-hybridized carbons (Fsp3) is 0.167. The molecule has 3 rings (SSSR count). The van der Waals surface area contributed by atoms with E-state index in [2.05, 4.69) is 20.7 Å². The highest BCUT2D eigenvalue weighted by molar-refractivity contribution is 5.89. The topological polar surface area (TPSA) is 81.1 Å². The fourth-order valence-corrected chi connectivity index (χ4v) is 2.42. The maximum atomic E-state index is 13.8. The Bertz CT molecular complexity index is 898. The lowest BCUT2D eigenvalue weighted by molar-refractivity contribution is 0.249. The predicted octanol–water partition coefficient (Wildman–Crippen LogP) is 3.30. The summed E-state index contributed by atoms with van der Waals surface area (Å²) in [5.41, 5.74) is 1.99. The smallest absolute Gasteiger partial charge is 0.319 e. The number of carbonyl (C=O) groups is 1. The summed E-state index contributed by atoms with van der Waals surface area (Å²) in [5, 5.41) is 9.65. The summed E-state index contributed by atoms with van der Waals surface area (Å²) in [7, 11) is 1.40. The molecule has 2 N–H and O–H groups in total. The van der Waals surface area contributed by atoms with E-state index >= 15 is 0 Å². The number of amides is 2. The first-order valence-electron chi connectivity index (χ1n) is 7.93. The first-order valence-corrected chi connectivity index (χ1v) is 7.93. The van der Waals surface area contributed by atoms with Gasteiger partial charge in [-0.1, -0.05) is 6.07 Å². The second kappa shape index (κ2) is 7.64. The largest absolute Gasteiger partial charge is 0.494 e. The van der Waals surface area contributed by atoms with Crippen molar-refractivity contribution in [2.45, 2.75) is 13.0 Å². The van der Waals surface area contributed by atoms with Crippen LogP contribution in [0.15, 0.2) is 55.1 Å². The molecular formula is C18H18FN5O2. The summed E-state index contributed by atoms with van der Waals surface area (Å²) in [6.45, 7) is 1.77. The normalized spacial score (nSPS) is 11.7. The summed E-state index contributed by atoms with van der Waals surface area (Å²) >= 11 is 0. The molecule has 1 atom stereocenters. The van der Waals surface area contributed by atoms with Gasteiger partial charge in [0.2, 0.25) is 0 Å². The lowest BCUT2D eigenvalue weighted by Crippen LogP contribution is -2.31. The van der Waals surface area contributed by atoms with Crippen molar-refractivity contribution in [3.63, 3.8) is 0 Å². The van der Waals surface area contributed by atoms with Crippen molar-refractivity contribution in [2.24, 2.45) is 0 Å². The van der Waals surface area contributed by atoms with Gasteiger partial charge in [-0.2, -0.15) is 5.10 Å². The monoisotopic (exact) mass is 355 g/mol. The zero-order chi connectivity index (χ0) is 18.5. The summed E-state index contributed by atoms with van der Waals surface area (Å²) in [5.74, 6) is -0.313. The number of benzene rings is 1. The van der Waals surface area contributed by atoms with Gasteiger partial charge in [0.05, 0.1) is 36.9 Å². The maximum Gasteiger partial charge on any atom is 0.319 e. The molecule has 8 heteroatoms. The standard InChI is InChI=1S/C18H18FN5O2/c1-12(13-3-4-17(26-2)16(19)9-13)22-18(25)23-14-10-21-24(11-14)15-5-7-20-8-6-15/h3-12H,1-2H3,(H2,22,23,25)/t12-/m0/s1. The quantitative estimate of drug-likeness (QED) is 0.736. The van der Waals surface area contributed by atoms with Crippen LogP contribution in [0, 0.1) is 5.82 Å². The van der Waals surface area contributed by atoms with E-state index in [4.69, 9.17) is 4.74 Å². The van der Waals surface area contributed by atoms with Crippen molar-refractivity contribution in [1.82, 2.24) is 20.1 Å². The first-order chi connectivity index (χ1) is 12.6. The molecule has 0 aliphatic heterocycles. The van der Waals surface area contributed by atoms with Crippen LogP contribution in [0.4, 0.5) is 14.9 Å². The molecule has 0 unspecified atom stereocenters. The van der Waals surface area contributed by atoms with Gasteiger partial charge < -0.3 is 15.4 Å². The number of anilines is 1. The van der Waals surface area contributed by atoms with E-state index in [9.17, 15) is 9.18 Å². The predicted molar refractivity (Wildman–Crippen MR) is 94.9 cm³/mol. The third-order valence-corrected chi connectivity index (χ3v) is 3.79. The van der Waals surface area contributed by atoms with E-state index in [1.54, 1.807) is 48.4 Å². The highest BCUT2D eigenvalue weighted by Gasteiger charge is 2.13. The molecule has 0 aliphatic carbocycles. The van der Waals surface area contributed by atoms with Crippen LogP contribution in [0.25, 0.3) is 5.69 Å². The van der Waals surface area contributed by atoms with Gasteiger partial charge >= 0.3 is 6.03 Å². The minimum atomic E-state index is -0.474.